The van der Waals surface area contributed by atoms with E-state index in [0.717, 1.165) is 58.5 Å². The van der Waals surface area contributed by atoms with E-state index in [-0.39, 0.29) is 5.91 Å². The number of carbonyl (C=O) groups is 1. The molecule has 7 heteroatoms. The first-order valence-electron chi connectivity index (χ1n) is 9.85. The van der Waals surface area contributed by atoms with Gasteiger partial charge in [-0.15, -0.1) is 11.3 Å². The summed E-state index contributed by atoms with van der Waals surface area (Å²) in [6.45, 7) is 6.22. The van der Waals surface area contributed by atoms with Crippen LogP contribution in [0.5, 0.6) is 0 Å². The number of piperazine rings is 1. The van der Waals surface area contributed by atoms with Gasteiger partial charge in [0.2, 0.25) is 5.91 Å². The Morgan fingerprint density at radius 3 is 2.72 bits per heavy atom. The van der Waals surface area contributed by atoms with Gasteiger partial charge in [-0.1, -0.05) is 11.6 Å². The highest BCUT2D eigenvalue weighted by Gasteiger charge is 2.16. The number of nitrogens with zero attached hydrogens (tertiary/aromatic N) is 3. The lowest BCUT2D eigenvalue weighted by atomic mass is 10.1. The van der Waals surface area contributed by atoms with Crippen molar-refractivity contribution in [2.45, 2.75) is 19.8 Å². The molecule has 4 rings (SSSR count). The Labute approximate surface area is 180 Å². The van der Waals surface area contributed by atoms with Crippen molar-refractivity contribution in [1.82, 2.24) is 9.88 Å². The SMILES string of the molecule is Cc1cc(N2CCN(C)CC2)nc2ccc(NC(=O)CCc3csc(Cl)c3)cc12. The molecule has 0 atom stereocenters. The second kappa shape index (κ2) is 8.69. The maximum Gasteiger partial charge on any atom is 0.224 e. The summed E-state index contributed by atoms with van der Waals surface area (Å²) in [6, 6.07) is 10.0. The van der Waals surface area contributed by atoms with Gasteiger partial charge >= 0.3 is 0 Å². The van der Waals surface area contributed by atoms with E-state index in [1.165, 1.54) is 16.9 Å². The van der Waals surface area contributed by atoms with Gasteiger partial charge in [0.05, 0.1) is 9.85 Å². The van der Waals surface area contributed by atoms with E-state index in [9.17, 15) is 4.79 Å². The summed E-state index contributed by atoms with van der Waals surface area (Å²) in [6.07, 6.45) is 1.13. The van der Waals surface area contributed by atoms with E-state index >= 15 is 0 Å². The van der Waals surface area contributed by atoms with E-state index in [0.29, 0.717) is 12.8 Å². The summed E-state index contributed by atoms with van der Waals surface area (Å²) in [5.74, 6) is 1.04. The number of benzene rings is 1. The topological polar surface area (TPSA) is 48.5 Å². The number of aromatic nitrogens is 1. The average Bonchev–Trinajstić information content (AvgIpc) is 3.12. The van der Waals surface area contributed by atoms with Crippen LogP contribution < -0.4 is 10.2 Å². The Balaban J connectivity index is 1.45. The molecule has 1 aromatic carbocycles. The molecule has 0 aliphatic carbocycles. The lowest BCUT2D eigenvalue weighted by Crippen LogP contribution is -2.44. The molecule has 1 aliphatic heterocycles. The molecule has 1 aliphatic rings. The van der Waals surface area contributed by atoms with Crippen LogP contribution in [0.25, 0.3) is 10.9 Å². The zero-order valence-corrected chi connectivity index (χ0v) is 18.3. The number of rotatable bonds is 5. The van der Waals surface area contributed by atoms with Gasteiger partial charge in [-0.25, -0.2) is 4.98 Å². The molecule has 0 unspecified atom stereocenters. The minimum absolute atomic E-state index is 0.00587. The van der Waals surface area contributed by atoms with Gasteiger partial charge < -0.3 is 15.1 Å². The molecule has 1 saturated heterocycles. The number of halogens is 1. The second-order valence-corrected chi connectivity index (χ2v) is 9.17. The van der Waals surface area contributed by atoms with Crippen LogP contribution in [0, 0.1) is 6.92 Å². The third kappa shape index (κ3) is 4.89. The van der Waals surface area contributed by atoms with Gasteiger partial charge in [-0.3, -0.25) is 4.79 Å². The van der Waals surface area contributed by atoms with Crippen molar-refractivity contribution in [2.24, 2.45) is 0 Å². The third-order valence-corrected chi connectivity index (χ3v) is 6.52. The number of carbonyl (C=O) groups excluding carboxylic acids is 1. The van der Waals surface area contributed by atoms with E-state index in [4.69, 9.17) is 16.6 Å². The molecule has 1 N–H and O–H groups in total. The first kappa shape index (κ1) is 20.1. The van der Waals surface area contributed by atoms with Gasteiger partial charge in [0.15, 0.2) is 0 Å². The summed E-state index contributed by atoms with van der Waals surface area (Å²) in [5.41, 5.74) is 4.05. The largest absolute Gasteiger partial charge is 0.354 e. The van der Waals surface area contributed by atoms with Gasteiger partial charge in [-0.05, 0) is 67.2 Å². The van der Waals surface area contributed by atoms with E-state index in [1.54, 1.807) is 0 Å². The van der Waals surface area contributed by atoms with Crippen molar-refractivity contribution >= 4 is 51.3 Å². The highest BCUT2D eigenvalue weighted by molar-refractivity contribution is 7.14. The number of fused-ring (bicyclic) bond motifs is 1. The fraction of sp³-hybridized carbons (Fsp3) is 0.364. The Bertz CT molecular complexity index is 1030. The van der Waals surface area contributed by atoms with Gasteiger partial charge in [-0.2, -0.15) is 0 Å². The number of likely N-dealkylation sites (N-methyl/N-ethyl adjacent to an activating group) is 1. The first-order valence-corrected chi connectivity index (χ1v) is 11.1. The lowest BCUT2D eigenvalue weighted by Gasteiger charge is -2.33. The van der Waals surface area contributed by atoms with Crippen molar-refractivity contribution in [3.63, 3.8) is 0 Å². The van der Waals surface area contributed by atoms with Crippen LogP contribution in [0.4, 0.5) is 11.5 Å². The van der Waals surface area contributed by atoms with Crippen LogP contribution in [0.1, 0.15) is 17.5 Å². The molecule has 29 heavy (non-hydrogen) atoms. The highest BCUT2D eigenvalue weighted by atomic mass is 35.5. The minimum Gasteiger partial charge on any atom is -0.354 e. The number of anilines is 2. The number of nitrogens with one attached hydrogen (secondary N) is 1. The molecule has 0 radical (unpaired) electrons. The molecule has 3 aromatic rings. The average molecular weight is 429 g/mol. The molecule has 1 amide bonds. The normalized spacial score (nSPS) is 15.1. The van der Waals surface area contributed by atoms with Crippen LogP contribution >= 0.6 is 22.9 Å². The van der Waals surface area contributed by atoms with Crippen molar-refractivity contribution in [1.29, 1.82) is 0 Å². The molecule has 1 fully saturated rings. The monoisotopic (exact) mass is 428 g/mol. The fourth-order valence-electron chi connectivity index (χ4n) is 3.61. The van der Waals surface area contributed by atoms with Gasteiger partial charge in [0.1, 0.15) is 5.82 Å². The van der Waals surface area contributed by atoms with Crippen LogP contribution in [-0.2, 0) is 11.2 Å². The Morgan fingerprint density at radius 1 is 1.21 bits per heavy atom. The van der Waals surface area contributed by atoms with Gasteiger partial charge in [0.25, 0.3) is 0 Å². The summed E-state index contributed by atoms with van der Waals surface area (Å²) in [7, 11) is 2.15. The van der Waals surface area contributed by atoms with Crippen molar-refractivity contribution in [2.75, 3.05) is 43.4 Å². The molecular formula is C22H25ClN4OS. The number of hydrogen-bond acceptors (Lipinski definition) is 5. The fourth-order valence-corrected chi connectivity index (χ4v) is 4.55. The summed E-state index contributed by atoms with van der Waals surface area (Å²) >= 11 is 7.45. The maximum absolute atomic E-state index is 12.3. The predicted molar refractivity (Wildman–Crippen MR) is 122 cm³/mol. The predicted octanol–water partition coefficient (Wildman–Crippen LogP) is 4.58. The van der Waals surface area contributed by atoms with Crippen molar-refractivity contribution < 1.29 is 4.79 Å². The number of aryl methyl sites for hydroxylation is 2. The highest BCUT2D eigenvalue weighted by Crippen LogP contribution is 2.26. The molecule has 0 spiro atoms. The minimum atomic E-state index is 0.00587. The van der Waals surface area contributed by atoms with Gasteiger partial charge in [0, 0.05) is 43.7 Å². The van der Waals surface area contributed by atoms with Crippen molar-refractivity contribution in [3.8, 4) is 0 Å². The Morgan fingerprint density at radius 2 is 2.00 bits per heavy atom. The van der Waals surface area contributed by atoms with E-state index < -0.39 is 0 Å². The smallest absolute Gasteiger partial charge is 0.224 e. The standard InChI is InChI=1S/C22H25ClN4OS/c1-15-11-21(27-9-7-26(2)8-10-27)25-19-5-4-17(13-18(15)19)24-22(28)6-3-16-12-20(23)29-14-16/h4-5,11-14H,3,6-10H2,1-2H3,(H,24,28). The number of pyridine rings is 1. The Kier molecular flexibility index (Phi) is 6.04. The molecular weight excluding hydrogens is 404 g/mol. The number of amides is 1. The van der Waals surface area contributed by atoms with Crippen molar-refractivity contribution in [3.05, 3.63) is 51.2 Å². The summed E-state index contributed by atoms with van der Waals surface area (Å²) in [4.78, 5) is 21.9. The van der Waals surface area contributed by atoms with Crippen LogP contribution in [0.3, 0.4) is 0 Å². The Hall–Kier alpha value is -2.15. The summed E-state index contributed by atoms with van der Waals surface area (Å²) < 4.78 is 0.758. The van der Waals surface area contributed by atoms with E-state index in [1.807, 2.05) is 29.6 Å². The third-order valence-electron chi connectivity index (χ3n) is 5.38. The second-order valence-electron chi connectivity index (χ2n) is 7.63. The first-order chi connectivity index (χ1) is 14.0. The quantitative estimate of drug-likeness (QED) is 0.646. The molecule has 0 bridgehead atoms. The molecule has 3 heterocycles. The van der Waals surface area contributed by atoms with Crippen LogP contribution in [-0.4, -0.2) is 49.0 Å². The lowest BCUT2D eigenvalue weighted by molar-refractivity contribution is -0.116. The van der Waals surface area contributed by atoms with E-state index in [2.05, 4.69) is 35.2 Å². The number of thiophene rings is 1. The zero-order chi connectivity index (χ0) is 20.4. The molecule has 2 aromatic heterocycles. The summed E-state index contributed by atoms with van der Waals surface area (Å²) in [5, 5.41) is 6.08. The molecule has 0 saturated carbocycles. The van der Waals surface area contributed by atoms with Crippen LogP contribution in [0.2, 0.25) is 4.34 Å². The van der Waals surface area contributed by atoms with Crippen LogP contribution in [0.15, 0.2) is 35.7 Å². The number of hydrogen-bond donors (Lipinski definition) is 1. The maximum atomic E-state index is 12.3. The zero-order valence-electron chi connectivity index (χ0n) is 16.7. The molecule has 152 valence electrons. The molecule has 5 nitrogen and oxygen atoms in total.